The molecule has 0 aliphatic carbocycles. The Morgan fingerprint density at radius 1 is 1.07 bits per heavy atom. The summed E-state index contributed by atoms with van der Waals surface area (Å²) in [5.41, 5.74) is 3.91. The van der Waals surface area contributed by atoms with Gasteiger partial charge in [-0.25, -0.2) is 9.18 Å². The minimum absolute atomic E-state index is 0.229. The Bertz CT molecular complexity index is 926. The Kier molecular flexibility index (Phi) is 4.91. The molecule has 1 N–H and O–H groups in total. The van der Waals surface area contributed by atoms with Crippen LogP contribution < -0.4 is 9.80 Å². The average molecular weight is 370 g/mol. The molecule has 2 aromatic carbocycles. The second-order valence-corrected chi connectivity index (χ2v) is 7.01. The standard InChI is InChI=1S/C21H23FN2O3/c1-5-16-11-23(20(25)17-10-15(22)7-6-12(17)2)18-8-13(3)14(4)9-19(18)24(16)21(26)27/h6-10,16H,5,11H2,1-4H3,(H,26,27). The highest BCUT2D eigenvalue weighted by Gasteiger charge is 2.37. The van der Waals surface area contributed by atoms with Crippen molar-refractivity contribution >= 4 is 23.4 Å². The van der Waals surface area contributed by atoms with Gasteiger partial charge in [-0.15, -0.1) is 0 Å². The molecule has 0 saturated carbocycles. The fourth-order valence-electron chi connectivity index (χ4n) is 3.52. The highest BCUT2D eigenvalue weighted by atomic mass is 19.1. The molecule has 2 aromatic rings. The Morgan fingerprint density at radius 2 is 1.70 bits per heavy atom. The number of nitrogens with zero attached hydrogens (tertiary/aromatic N) is 2. The SMILES string of the molecule is CCC1CN(C(=O)c2cc(F)ccc2C)c2cc(C)c(C)cc2N1C(=O)O. The summed E-state index contributed by atoms with van der Waals surface area (Å²) in [6, 6.07) is 7.41. The Morgan fingerprint density at radius 3 is 2.30 bits per heavy atom. The van der Waals surface area contributed by atoms with Crippen molar-refractivity contribution in [1.82, 2.24) is 0 Å². The van der Waals surface area contributed by atoms with Crippen molar-refractivity contribution in [3.05, 3.63) is 58.4 Å². The predicted octanol–water partition coefficient (Wildman–Crippen LogP) is 4.67. The van der Waals surface area contributed by atoms with Gasteiger partial charge in [0.15, 0.2) is 0 Å². The van der Waals surface area contributed by atoms with Crippen molar-refractivity contribution < 1.29 is 19.1 Å². The minimum Gasteiger partial charge on any atom is -0.465 e. The number of aryl methyl sites for hydroxylation is 3. The fraction of sp³-hybridized carbons (Fsp3) is 0.333. The van der Waals surface area contributed by atoms with Gasteiger partial charge in [0, 0.05) is 12.1 Å². The smallest absolute Gasteiger partial charge is 0.412 e. The van der Waals surface area contributed by atoms with Crippen molar-refractivity contribution in [3.63, 3.8) is 0 Å². The van der Waals surface area contributed by atoms with Crippen LogP contribution in [0.25, 0.3) is 0 Å². The molecule has 27 heavy (non-hydrogen) atoms. The van der Waals surface area contributed by atoms with Crippen LogP contribution in [-0.2, 0) is 0 Å². The second kappa shape index (κ2) is 7.02. The molecular weight excluding hydrogens is 347 g/mol. The molecule has 0 fully saturated rings. The summed E-state index contributed by atoms with van der Waals surface area (Å²) in [5.74, 6) is -0.791. The number of carboxylic acid groups (broad SMARTS) is 1. The molecule has 5 nitrogen and oxygen atoms in total. The maximum atomic E-state index is 13.7. The molecule has 0 spiro atoms. The minimum atomic E-state index is -1.04. The molecule has 0 radical (unpaired) electrons. The van der Waals surface area contributed by atoms with Crippen LogP contribution in [0, 0.1) is 26.6 Å². The number of amides is 2. The van der Waals surface area contributed by atoms with Gasteiger partial charge in [-0.05, 0) is 68.1 Å². The maximum Gasteiger partial charge on any atom is 0.412 e. The molecule has 0 bridgehead atoms. The van der Waals surface area contributed by atoms with E-state index in [0.717, 1.165) is 11.1 Å². The van der Waals surface area contributed by atoms with Crippen molar-refractivity contribution in [2.45, 2.75) is 40.2 Å². The first-order valence-corrected chi connectivity index (χ1v) is 8.96. The molecule has 6 heteroatoms. The van der Waals surface area contributed by atoms with Gasteiger partial charge >= 0.3 is 6.09 Å². The fourth-order valence-corrected chi connectivity index (χ4v) is 3.52. The topological polar surface area (TPSA) is 60.9 Å². The van der Waals surface area contributed by atoms with Crippen LogP contribution in [-0.4, -0.2) is 29.7 Å². The van der Waals surface area contributed by atoms with Crippen LogP contribution >= 0.6 is 0 Å². The number of carbonyl (C=O) groups is 2. The molecule has 142 valence electrons. The van der Waals surface area contributed by atoms with E-state index in [1.807, 2.05) is 26.8 Å². The van der Waals surface area contributed by atoms with E-state index in [9.17, 15) is 19.1 Å². The lowest BCUT2D eigenvalue weighted by Crippen LogP contribution is -2.52. The van der Waals surface area contributed by atoms with E-state index in [2.05, 4.69) is 0 Å². The van der Waals surface area contributed by atoms with Crippen LogP contribution in [0.15, 0.2) is 30.3 Å². The second-order valence-electron chi connectivity index (χ2n) is 7.01. The molecule has 0 saturated heterocycles. The average Bonchev–Trinajstić information content (AvgIpc) is 2.62. The van der Waals surface area contributed by atoms with Gasteiger partial charge in [0.1, 0.15) is 5.82 Å². The Labute approximate surface area is 158 Å². The van der Waals surface area contributed by atoms with Crippen molar-refractivity contribution in [2.24, 2.45) is 0 Å². The van der Waals surface area contributed by atoms with E-state index < -0.39 is 11.9 Å². The maximum absolute atomic E-state index is 13.7. The molecular formula is C21H23FN2O3. The quantitative estimate of drug-likeness (QED) is 0.835. The van der Waals surface area contributed by atoms with E-state index in [1.54, 1.807) is 24.0 Å². The van der Waals surface area contributed by atoms with Crippen LogP contribution in [0.4, 0.5) is 20.6 Å². The highest BCUT2D eigenvalue weighted by molar-refractivity contribution is 6.11. The van der Waals surface area contributed by atoms with Crippen molar-refractivity contribution in [2.75, 3.05) is 16.3 Å². The van der Waals surface area contributed by atoms with E-state index >= 15 is 0 Å². The number of fused-ring (bicyclic) bond motifs is 1. The Balaban J connectivity index is 2.18. The zero-order valence-corrected chi connectivity index (χ0v) is 15.9. The third kappa shape index (κ3) is 3.27. The molecule has 2 amide bonds. The van der Waals surface area contributed by atoms with Gasteiger partial charge in [0.25, 0.3) is 5.91 Å². The van der Waals surface area contributed by atoms with Gasteiger partial charge < -0.3 is 10.0 Å². The van der Waals surface area contributed by atoms with Gasteiger partial charge in [-0.1, -0.05) is 13.0 Å². The van der Waals surface area contributed by atoms with E-state index in [0.29, 0.717) is 23.4 Å². The summed E-state index contributed by atoms with van der Waals surface area (Å²) in [5, 5.41) is 9.74. The number of halogens is 1. The van der Waals surface area contributed by atoms with Crippen LogP contribution in [0.3, 0.4) is 0 Å². The molecule has 1 heterocycles. The summed E-state index contributed by atoms with van der Waals surface area (Å²) in [4.78, 5) is 28.1. The third-order valence-electron chi connectivity index (χ3n) is 5.25. The van der Waals surface area contributed by atoms with Gasteiger partial charge in [0.2, 0.25) is 0 Å². The molecule has 0 aromatic heterocycles. The predicted molar refractivity (Wildman–Crippen MR) is 103 cm³/mol. The number of rotatable bonds is 2. The monoisotopic (exact) mass is 370 g/mol. The number of hydrogen-bond donors (Lipinski definition) is 1. The van der Waals surface area contributed by atoms with Crippen molar-refractivity contribution in [1.29, 1.82) is 0 Å². The summed E-state index contributed by atoms with van der Waals surface area (Å²) in [6.07, 6.45) is -0.481. The lowest BCUT2D eigenvalue weighted by molar-refractivity contribution is 0.0981. The van der Waals surface area contributed by atoms with Crippen molar-refractivity contribution in [3.8, 4) is 0 Å². The van der Waals surface area contributed by atoms with Gasteiger partial charge in [0.05, 0.1) is 17.4 Å². The molecule has 1 atom stereocenters. The summed E-state index contributed by atoms with van der Waals surface area (Å²) >= 11 is 0. The summed E-state index contributed by atoms with van der Waals surface area (Å²) < 4.78 is 13.7. The van der Waals surface area contributed by atoms with Gasteiger partial charge in [-0.3, -0.25) is 9.69 Å². The lowest BCUT2D eigenvalue weighted by Gasteiger charge is -2.41. The number of anilines is 2. The largest absolute Gasteiger partial charge is 0.465 e. The third-order valence-corrected chi connectivity index (χ3v) is 5.25. The van der Waals surface area contributed by atoms with Crippen LogP contribution in [0.1, 0.15) is 40.4 Å². The number of hydrogen-bond acceptors (Lipinski definition) is 2. The highest BCUT2D eigenvalue weighted by Crippen LogP contribution is 2.39. The molecule has 1 unspecified atom stereocenters. The number of carbonyl (C=O) groups excluding carboxylic acids is 1. The van der Waals surface area contributed by atoms with E-state index in [1.165, 1.54) is 17.0 Å². The summed E-state index contributed by atoms with van der Waals surface area (Å²) in [6.45, 7) is 7.71. The molecule has 3 rings (SSSR count). The molecule has 1 aliphatic heterocycles. The molecule has 1 aliphatic rings. The zero-order chi connectivity index (χ0) is 19.9. The zero-order valence-electron chi connectivity index (χ0n) is 15.9. The summed E-state index contributed by atoms with van der Waals surface area (Å²) in [7, 11) is 0. The van der Waals surface area contributed by atoms with E-state index in [4.69, 9.17) is 0 Å². The normalized spacial score (nSPS) is 16.3. The Hall–Kier alpha value is -2.89. The first-order chi connectivity index (χ1) is 12.7. The van der Waals surface area contributed by atoms with Gasteiger partial charge in [-0.2, -0.15) is 0 Å². The number of benzene rings is 2. The van der Waals surface area contributed by atoms with E-state index in [-0.39, 0.29) is 24.1 Å². The van der Waals surface area contributed by atoms with Crippen LogP contribution in [0.2, 0.25) is 0 Å². The first-order valence-electron chi connectivity index (χ1n) is 8.96. The van der Waals surface area contributed by atoms with Crippen LogP contribution in [0.5, 0.6) is 0 Å². The first kappa shape index (κ1) is 18.9. The lowest BCUT2D eigenvalue weighted by atomic mass is 9.99.